The summed E-state index contributed by atoms with van der Waals surface area (Å²) in [5, 5.41) is 2.86. The highest BCUT2D eigenvalue weighted by Crippen LogP contribution is 2.19. The molecule has 2 amide bonds. The molecule has 2 aromatic rings. The van der Waals surface area contributed by atoms with Crippen LogP contribution in [0.25, 0.3) is 0 Å². The zero-order valence-corrected chi connectivity index (χ0v) is 17.3. The minimum Gasteiger partial charge on any atom is -0.339 e. The Morgan fingerprint density at radius 1 is 1.21 bits per heavy atom. The lowest BCUT2D eigenvalue weighted by Crippen LogP contribution is -2.40. The molecule has 0 bridgehead atoms. The summed E-state index contributed by atoms with van der Waals surface area (Å²) in [4.78, 5) is 30.6. The van der Waals surface area contributed by atoms with E-state index in [1.165, 1.54) is 0 Å². The van der Waals surface area contributed by atoms with Gasteiger partial charge in [0.1, 0.15) is 0 Å². The summed E-state index contributed by atoms with van der Waals surface area (Å²) in [6, 6.07) is 7.13. The summed E-state index contributed by atoms with van der Waals surface area (Å²) < 4.78 is 1.85. The van der Waals surface area contributed by atoms with Crippen molar-refractivity contribution in [2.24, 2.45) is 11.7 Å². The van der Waals surface area contributed by atoms with Gasteiger partial charge in [-0.2, -0.15) is 0 Å². The van der Waals surface area contributed by atoms with E-state index in [9.17, 15) is 9.59 Å². The van der Waals surface area contributed by atoms with E-state index in [0.717, 1.165) is 25.9 Å². The van der Waals surface area contributed by atoms with Crippen LogP contribution in [0.4, 0.5) is 5.69 Å². The Bertz CT molecular complexity index is 747. The van der Waals surface area contributed by atoms with Gasteiger partial charge in [0.05, 0.1) is 6.33 Å². The number of carbonyl (C=O) groups is 2. The van der Waals surface area contributed by atoms with Gasteiger partial charge < -0.3 is 20.5 Å². The van der Waals surface area contributed by atoms with Gasteiger partial charge in [0.2, 0.25) is 5.91 Å². The summed E-state index contributed by atoms with van der Waals surface area (Å²) in [6.07, 6.45) is 7.44. The Kier molecular flexibility index (Phi) is 9.99. The number of anilines is 1. The Morgan fingerprint density at radius 2 is 1.96 bits per heavy atom. The first-order chi connectivity index (χ1) is 12.7. The second-order valence-corrected chi connectivity index (χ2v) is 6.65. The van der Waals surface area contributed by atoms with Crippen LogP contribution in [0.2, 0.25) is 0 Å². The number of hydrogen-bond donors (Lipinski definition) is 2. The monoisotopic (exact) mass is 427 g/mol. The number of aryl methyl sites for hydroxylation is 1. The third-order valence-corrected chi connectivity index (χ3v) is 4.78. The molecule has 0 aliphatic carbocycles. The quantitative estimate of drug-likeness (QED) is 0.740. The van der Waals surface area contributed by atoms with Crippen LogP contribution in [-0.2, 0) is 11.3 Å². The van der Waals surface area contributed by atoms with E-state index >= 15 is 0 Å². The lowest BCUT2D eigenvalue weighted by Gasteiger charge is -2.31. The van der Waals surface area contributed by atoms with Crippen molar-refractivity contribution in [3.63, 3.8) is 0 Å². The number of imidazole rings is 1. The van der Waals surface area contributed by atoms with Crippen LogP contribution in [0.15, 0.2) is 43.0 Å². The maximum atomic E-state index is 12.7. The molecule has 1 saturated heterocycles. The van der Waals surface area contributed by atoms with Gasteiger partial charge >= 0.3 is 0 Å². The third-order valence-electron chi connectivity index (χ3n) is 4.78. The van der Waals surface area contributed by atoms with Gasteiger partial charge in [0, 0.05) is 49.7 Å². The lowest BCUT2D eigenvalue weighted by molar-refractivity contribution is -0.116. The summed E-state index contributed by atoms with van der Waals surface area (Å²) in [7, 11) is 0. The molecule has 0 radical (unpaired) electrons. The van der Waals surface area contributed by atoms with Gasteiger partial charge in [-0.15, -0.1) is 24.8 Å². The number of amides is 2. The average molecular weight is 428 g/mol. The molecule has 1 fully saturated rings. The van der Waals surface area contributed by atoms with Crippen LogP contribution in [0, 0.1) is 5.92 Å². The average Bonchev–Trinajstić information content (AvgIpc) is 3.20. The molecule has 0 spiro atoms. The van der Waals surface area contributed by atoms with Crippen LogP contribution < -0.4 is 11.1 Å². The smallest absolute Gasteiger partial charge is 0.253 e. The van der Waals surface area contributed by atoms with Gasteiger partial charge in [-0.1, -0.05) is 6.07 Å². The summed E-state index contributed by atoms with van der Waals surface area (Å²) in [5.74, 6) is 0.433. The summed E-state index contributed by atoms with van der Waals surface area (Å²) in [6.45, 7) is 2.73. The fourth-order valence-electron chi connectivity index (χ4n) is 3.16. The molecule has 0 saturated carbocycles. The van der Waals surface area contributed by atoms with Crippen LogP contribution in [0.5, 0.6) is 0 Å². The molecule has 1 aliphatic rings. The van der Waals surface area contributed by atoms with Crippen molar-refractivity contribution in [1.29, 1.82) is 0 Å². The zero-order valence-electron chi connectivity index (χ0n) is 15.6. The Labute approximate surface area is 177 Å². The van der Waals surface area contributed by atoms with Gasteiger partial charge in [-0.05, 0) is 43.5 Å². The maximum Gasteiger partial charge on any atom is 0.253 e. The fraction of sp³-hybridized carbons (Fsp3) is 0.421. The maximum absolute atomic E-state index is 12.7. The molecule has 154 valence electrons. The van der Waals surface area contributed by atoms with Crippen LogP contribution in [0.3, 0.4) is 0 Å². The molecule has 1 aliphatic heterocycles. The van der Waals surface area contributed by atoms with Crippen molar-refractivity contribution < 1.29 is 9.59 Å². The van der Waals surface area contributed by atoms with Crippen LogP contribution >= 0.6 is 24.8 Å². The largest absolute Gasteiger partial charge is 0.339 e. The number of carbonyl (C=O) groups excluding carboxylic acids is 2. The lowest BCUT2D eigenvalue weighted by atomic mass is 9.96. The van der Waals surface area contributed by atoms with Gasteiger partial charge in [0.25, 0.3) is 5.91 Å². The SMILES string of the molecule is Cl.Cl.NCC1CCN(C(=O)c2cccc(NC(=O)CCn3ccnc3)c2)CC1. The first kappa shape index (κ1) is 23.9. The second kappa shape index (κ2) is 11.7. The highest BCUT2D eigenvalue weighted by Gasteiger charge is 2.23. The molecule has 3 N–H and O–H groups in total. The summed E-state index contributed by atoms with van der Waals surface area (Å²) >= 11 is 0. The van der Waals surface area contributed by atoms with E-state index in [0.29, 0.717) is 36.7 Å². The molecular formula is C19H27Cl2N5O2. The van der Waals surface area contributed by atoms with Crippen LogP contribution in [0.1, 0.15) is 29.6 Å². The number of rotatable bonds is 6. The first-order valence-electron chi connectivity index (χ1n) is 9.00. The van der Waals surface area contributed by atoms with Crippen LogP contribution in [-0.4, -0.2) is 45.9 Å². The van der Waals surface area contributed by atoms with Crippen molar-refractivity contribution in [1.82, 2.24) is 14.5 Å². The number of nitrogens with zero attached hydrogens (tertiary/aromatic N) is 3. The topological polar surface area (TPSA) is 93.3 Å². The molecule has 0 unspecified atom stereocenters. The van der Waals surface area contributed by atoms with E-state index < -0.39 is 0 Å². The van der Waals surface area contributed by atoms with E-state index in [2.05, 4.69) is 10.3 Å². The van der Waals surface area contributed by atoms with E-state index in [-0.39, 0.29) is 36.6 Å². The highest BCUT2D eigenvalue weighted by atomic mass is 35.5. The van der Waals surface area contributed by atoms with Crippen molar-refractivity contribution in [2.75, 3.05) is 25.0 Å². The molecule has 9 heteroatoms. The Balaban J connectivity index is 0.00000196. The number of aromatic nitrogens is 2. The molecule has 1 aromatic carbocycles. The molecule has 28 heavy (non-hydrogen) atoms. The molecule has 7 nitrogen and oxygen atoms in total. The minimum atomic E-state index is -0.0907. The Hall–Kier alpha value is -2.09. The number of halogens is 2. The number of likely N-dealkylation sites (tertiary alicyclic amines) is 1. The third kappa shape index (κ3) is 6.51. The zero-order chi connectivity index (χ0) is 18.4. The van der Waals surface area contributed by atoms with Gasteiger partial charge in [-0.25, -0.2) is 4.98 Å². The van der Waals surface area contributed by atoms with Crippen molar-refractivity contribution in [3.8, 4) is 0 Å². The first-order valence-corrected chi connectivity index (χ1v) is 9.00. The number of benzene rings is 1. The number of nitrogens with two attached hydrogens (primary N) is 1. The Morgan fingerprint density at radius 3 is 2.61 bits per heavy atom. The molecule has 0 atom stereocenters. The molecular weight excluding hydrogens is 401 g/mol. The van der Waals surface area contributed by atoms with E-state index in [4.69, 9.17) is 5.73 Å². The molecule has 1 aromatic heterocycles. The summed E-state index contributed by atoms with van der Waals surface area (Å²) in [5.41, 5.74) is 6.95. The molecule has 2 heterocycles. The standard InChI is InChI=1S/C19H25N5O2.2ClH/c20-13-15-4-9-24(10-5-15)19(26)16-2-1-3-17(12-16)22-18(25)6-8-23-11-7-21-14-23;;/h1-3,7,11-12,14-15H,4-6,8-10,13,20H2,(H,22,25);2*1H. The minimum absolute atomic E-state index is 0. The number of piperidine rings is 1. The van der Waals surface area contributed by atoms with E-state index in [1.54, 1.807) is 36.8 Å². The normalized spacial score (nSPS) is 14.0. The van der Waals surface area contributed by atoms with Crippen molar-refractivity contribution >= 4 is 42.3 Å². The van der Waals surface area contributed by atoms with E-state index in [1.807, 2.05) is 15.7 Å². The fourth-order valence-corrected chi connectivity index (χ4v) is 3.16. The van der Waals surface area contributed by atoms with Crippen molar-refractivity contribution in [3.05, 3.63) is 48.5 Å². The number of nitrogens with one attached hydrogen (secondary N) is 1. The van der Waals surface area contributed by atoms with Crippen molar-refractivity contribution in [2.45, 2.75) is 25.8 Å². The highest BCUT2D eigenvalue weighted by molar-refractivity contribution is 5.97. The van der Waals surface area contributed by atoms with Gasteiger partial charge in [-0.3, -0.25) is 9.59 Å². The second-order valence-electron chi connectivity index (χ2n) is 6.65. The number of hydrogen-bond acceptors (Lipinski definition) is 4. The molecule has 3 rings (SSSR count). The predicted octanol–water partition coefficient (Wildman–Crippen LogP) is 2.57. The van der Waals surface area contributed by atoms with Gasteiger partial charge in [0.15, 0.2) is 0 Å². The predicted molar refractivity (Wildman–Crippen MR) is 114 cm³/mol.